The molecule has 3 rings (SSSR count). The van der Waals surface area contributed by atoms with Crippen LogP contribution in [0.2, 0.25) is 25.7 Å². The summed E-state index contributed by atoms with van der Waals surface area (Å²) in [7, 11) is -1.10. The first-order valence-corrected chi connectivity index (χ1v) is 11.8. The molecule has 0 aromatic carbocycles. The van der Waals surface area contributed by atoms with E-state index in [1.54, 1.807) is 4.68 Å². The number of hydrogen-bond donors (Lipinski definition) is 1. The van der Waals surface area contributed by atoms with Gasteiger partial charge in [0.1, 0.15) is 6.73 Å². The minimum Gasteiger partial charge on any atom is -0.476 e. The standard InChI is InChI=1S/C16H26N2O3Si/c1-16-8-11(16)7-12-13(9-16)18(17-14(12)15(19)20)10-21-5-6-22(2,3)4/h11H,5-10H2,1-4H3,(H,19,20). The Kier molecular flexibility index (Phi) is 3.72. The summed E-state index contributed by atoms with van der Waals surface area (Å²) >= 11 is 0. The fourth-order valence-electron chi connectivity index (χ4n) is 3.42. The van der Waals surface area contributed by atoms with E-state index < -0.39 is 14.0 Å². The second-order valence-corrected chi connectivity index (χ2v) is 14.0. The Morgan fingerprint density at radius 3 is 2.86 bits per heavy atom. The first kappa shape index (κ1) is 15.7. The van der Waals surface area contributed by atoms with E-state index in [0.717, 1.165) is 36.8 Å². The predicted molar refractivity (Wildman–Crippen MR) is 86.9 cm³/mol. The highest BCUT2D eigenvalue weighted by atomic mass is 28.3. The summed E-state index contributed by atoms with van der Waals surface area (Å²) in [4.78, 5) is 11.4. The van der Waals surface area contributed by atoms with Crippen molar-refractivity contribution in [2.24, 2.45) is 11.3 Å². The Labute approximate surface area is 132 Å². The third kappa shape index (κ3) is 2.99. The van der Waals surface area contributed by atoms with Crippen molar-refractivity contribution in [3.8, 4) is 0 Å². The minimum absolute atomic E-state index is 0.234. The maximum Gasteiger partial charge on any atom is 0.356 e. The first-order valence-electron chi connectivity index (χ1n) is 8.09. The average molecular weight is 322 g/mol. The minimum atomic E-state index is -1.10. The quantitative estimate of drug-likeness (QED) is 0.646. The SMILES string of the molecule is CC12Cc3c(c(C(=O)O)nn3COCC[Si](C)(C)C)CC1C2. The average Bonchev–Trinajstić information content (AvgIpc) is 2.93. The molecule has 0 bridgehead atoms. The molecule has 1 aromatic heterocycles. The molecule has 5 nitrogen and oxygen atoms in total. The maximum absolute atomic E-state index is 11.4. The number of aromatic carboxylic acids is 1. The van der Waals surface area contributed by atoms with Crippen molar-refractivity contribution < 1.29 is 14.6 Å². The van der Waals surface area contributed by atoms with Gasteiger partial charge in [-0.05, 0) is 36.6 Å². The molecule has 2 atom stereocenters. The van der Waals surface area contributed by atoms with E-state index in [4.69, 9.17) is 4.74 Å². The van der Waals surface area contributed by atoms with Gasteiger partial charge in [-0.15, -0.1) is 0 Å². The molecule has 1 fully saturated rings. The van der Waals surface area contributed by atoms with Crippen molar-refractivity contribution >= 4 is 14.0 Å². The van der Waals surface area contributed by atoms with E-state index in [0.29, 0.717) is 18.1 Å². The fraction of sp³-hybridized carbons (Fsp3) is 0.750. The Hall–Kier alpha value is -1.14. The molecule has 122 valence electrons. The van der Waals surface area contributed by atoms with E-state index in [1.165, 1.54) is 6.42 Å². The molecule has 0 radical (unpaired) electrons. The summed E-state index contributed by atoms with van der Waals surface area (Å²) in [5.41, 5.74) is 2.62. The molecule has 1 saturated carbocycles. The number of aromatic nitrogens is 2. The van der Waals surface area contributed by atoms with Crippen molar-refractivity contribution in [3.05, 3.63) is 17.0 Å². The van der Waals surface area contributed by atoms with Crippen LogP contribution in [0.25, 0.3) is 0 Å². The monoisotopic (exact) mass is 322 g/mol. The zero-order chi connectivity index (χ0) is 16.1. The number of carbonyl (C=O) groups is 1. The van der Waals surface area contributed by atoms with Crippen LogP contribution >= 0.6 is 0 Å². The van der Waals surface area contributed by atoms with Crippen LogP contribution in [-0.2, 0) is 24.3 Å². The third-order valence-electron chi connectivity index (χ3n) is 5.14. The van der Waals surface area contributed by atoms with Crippen LogP contribution in [0.15, 0.2) is 0 Å². The highest BCUT2D eigenvalue weighted by Crippen LogP contribution is 2.59. The second-order valence-electron chi connectivity index (χ2n) is 8.36. The van der Waals surface area contributed by atoms with Crippen LogP contribution in [0.5, 0.6) is 0 Å². The lowest BCUT2D eigenvalue weighted by molar-refractivity contribution is 0.0668. The van der Waals surface area contributed by atoms with Crippen molar-refractivity contribution in [3.63, 3.8) is 0 Å². The van der Waals surface area contributed by atoms with Crippen LogP contribution in [0.3, 0.4) is 0 Å². The van der Waals surface area contributed by atoms with Crippen LogP contribution in [0.4, 0.5) is 0 Å². The second kappa shape index (κ2) is 5.20. The number of nitrogens with zero attached hydrogens (tertiary/aromatic N) is 2. The van der Waals surface area contributed by atoms with Crippen LogP contribution in [0, 0.1) is 11.3 Å². The molecule has 0 saturated heterocycles. The molecule has 0 aliphatic heterocycles. The van der Waals surface area contributed by atoms with Gasteiger partial charge in [-0.3, -0.25) is 0 Å². The number of fused-ring (bicyclic) bond motifs is 2. The van der Waals surface area contributed by atoms with E-state index >= 15 is 0 Å². The lowest BCUT2D eigenvalue weighted by Crippen LogP contribution is -2.23. The van der Waals surface area contributed by atoms with Gasteiger partial charge in [0.2, 0.25) is 0 Å². The summed E-state index contributed by atoms with van der Waals surface area (Å²) in [6.07, 6.45) is 3.00. The largest absolute Gasteiger partial charge is 0.476 e. The molecular weight excluding hydrogens is 296 g/mol. The van der Waals surface area contributed by atoms with Crippen LogP contribution < -0.4 is 0 Å². The number of carboxylic acids is 1. The fourth-order valence-corrected chi connectivity index (χ4v) is 4.18. The van der Waals surface area contributed by atoms with Gasteiger partial charge in [-0.2, -0.15) is 5.10 Å². The molecular formula is C16H26N2O3Si. The maximum atomic E-state index is 11.4. The molecule has 6 heteroatoms. The third-order valence-corrected chi connectivity index (χ3v) is 6.84. The Morgan fingerprint density at radius 1 is 1.50 bits per heavy atom. The highest BCUT2D eigenvalue weighted by molar-refractivity contribution is 6.76. The molecule has 2 aliphatic carbocycles. The Balaban J connectivity index is 1.73. The molecule has 2 unspecified atom stereocenters. The van der Waals surface area contributed by atoms with Gasteiger partial charge in [-0.25, -0.2) is 9.48 Å². The smallest absolute Gasteiger partial charge is 0.356 e. The van der Waals surface area contributed by atoms with Gasteiger partial charge in [0.15, 0.2) is 5.69 Å². The molecule has 0 amide bonds. The lowest BCUT2D eigenvalue weighted by Gasteiger charge is -2.20. The van der Waals surface area contributed by atoms with Gasteiger partial charge in [0.25, 0.3) is 0 Å². The van der Waals surface area contributed by atoms with Gasteiger partial charge >= 0.3 is 5.97 Å². The van der Waals surface area contributed by atoms with E-state index in [1.807, 2.05) is 0 Å². The number of carboxylic acid groups (broad SMARTS) is 1. The van der Waals surface area contributed by atoms with Crippen molar-refractivity contribution in [2.75, 3.05) is 6.61 Å². The van der Waals surface area contributed by atoms with E-state index in [2.05, 4.69) is 31.7 Å². The van der Waals surface area contributed by atoms with Gasteiger partial charge in [0, 0.05) is 25.9 Å². The summed E-state index contributed by atoms with van der Waals surface area (Å²) in [5, 5.41) is 13.7. The van der Waals surface area contributed by atoms with E-state index in [9.17, 15) is 9.90 Å². The van der Waals surface area contributed by atoms with Crippen LogP contribution in [-0.4, -0.2) is 35.5 Å². The predicted octanol–water partition coefficient (Wildman–Crippen LogP) is 3.02. The van der Waals surface area contributed by atoms with E-state index in [-0.39, 0.29) is 5.69 Å². The number of rotatable bonds is 6. The molecule has 2 aliphatic rings. The zero-order valence-corrected chi connectivity index (χ0v) is 15.0. The van der Waals surface area contributed by atoms with Crippen LogP contribution in [0.1, 0.15) is 35.1 Å². The molecule has 1 heterocycles. The van der Waals surface area contributed by atoms with Crippen molar-refractivity contribution in [1.29, 1.82) is 0 Å². The summed E-state index contributed by atoms with van der Waals surface area (Å²) in [5.74, 6) is -0.273. The summed E-state index contributed by atoms with van der Waals surface area (Å²) < 4.78 is 7.57. The highest BCUT2D eigenvalue weighted by Gasteiger charge is 2.54. The molecule has 22 heavy (non-hydrogen) atoms. The summed E-state index contributed by atoms with van der Waals surface area (Å²) in [6.45, 7) is 10.4. The van der Waals surface area contributed by atoms with Crippen molar-refractivity contribution in [2.45, 2.75) is 58.6 Å². The van der Waals surface area contributed by atoms with Gasteiger partial charge in [0.05, 0.1) is 0 Å². The number of hydrogen-bond acceptors (Lipinski definition) is 3. The van der Waals surface area contributed by atoms with Crippen molar-refractivity contribution in [1.82, 2.24) is 9.78 Å². The number of ether oxygens (including phenoxy) is 1. The normalized spacial score (nSPS) is 26.5. The topological polar surface area (TPSA) is 64.3 Å². The lowest BCUT2D eigenvalue weighted by atomic mass is 9.87. The summed E-state index contributed by atoms with van der Waals surface area (Å²) in [6, 6.07) is 1.11. The first-order chi connectivity index (χ1) is 10.2. The Bertz CT molecular complexity index is 605. The molecule has 0 spiro atoms. The molecule has 1 aromatic rings. The zero-order valence-electron chi connectivity index (χ0n) is 14.0. The molecule has 1 N–H and O–H groups in total. The van der Waals surface area contributed by atoms with Gasteiger partial charge < -0.3 is 9.84 Å². The Morgan fingerprint density at radius 2 is 2.23 bits per heavy atom. The van der Waals surface area contributed by atoms with Gasteiger partial charge in [-0.1, -0.05) is 26.6 Å².